The molecule has 0 aromatic heterocycles. The van der Waals surface area contributed by atoms with Crippen molar-refractivity contribution in [2.75, 3.05) is 13.2 Å². The van der Waals surface area contributed by atoms with Crippen molar-refractivity contribution in [2.24, 2.45) is 0 Å². The van der Waals surface area contributed by atoms with Crippen LogP contribution in [0.5, 0.6) is 0 Å². The van der Waals surface area contributed by atoms with Gasteiger partial charge in [-0.05, 0) is 83.5 Å². The fourth-order valence-corrected chi connectivity index (χ4v) is 9.93. The zero-order valence-corrected chi connectivity index (χ0v) is 53.5. The van der Waals surface area contributed by atoms with Gasteiger partial charge in [-0.2, -0.15) is 0 Å². The van der Waals surface area contributed by atoms with Crippen LogP contribution in [-0.2, 0) is 28.6 Å². The summed E-state index contributed by atoms with van der Waals surface area (Å²) in [6.07, 6.45) is 92.8. The van der Waals surface area contributed by atoms with Crippen LogP contribution in [0.4, 0.5) is 0 Å². The van der Waals surface area contributed by atoms with E-state index in [9.17, 15) is 14.4 Å². The van der Waals surface area contributed by atoms with Gasteiger partial charge in [0.25, 0.3) is 0 Å². The third kappa shape index (κ3) is 67.0. The monoisotopic (exact) mass is 1130 g/mol. The summed E-state index contributed by atoms with van der Waals surface area (Å²) in [7, 11) is 0. The van der Waals surface area contributed by atoms with Gasteiger partial charge in [0.15, 0.2) is 6.10 Å². The van der Waals surface area contributed by atoms with E-state index in [4.69, 9.17) is 14.2 Å². The topological polar surface area (TPSA) is 78.9 Å². The Hall–Kier alpha value is -3.67. The molecule has 0 aromatic rings. The normalized spacial score (nSPS) is 12.7. The molecule has 0 aliphatic heterocycles. The molecule has 0 amide bonds. The highest BCUT2D eigenvalue weighted by Gasteiger charge is 2.19. The summed E-state index contributed by atoms with van der Waals surface area (Å²) >= 11 is 0. The molecule has 0 fully saturated rings. The lowest BCUT2D eigenvalue weighted by molar-refractivity contribution is -0.167. The van der Waals surface area contributed by atoms with E-state index in [1.165, 1.54) is 186 Å². The molecule has 0 saturated heterocycles. The summed E-state index contributed by atoms with van der Waals surface area (Å²) < 4.78 is 17.0. The van der Waals surface area contributed by atoms with Crippen molar-refractivity contribution in [1.29, 1.82) is 0 Å². The van der Waals surface area contributed by atoms with Crippen molar-refractivity contribution >= 4 is 17.9 Å². The van der Waals surface area contributed by atoms with Crippen molar-refractivity contribution in [3.63, 3.8) is 0 Å². The molecule has 6 heteroatoms. The summed E-state index contributed by atoms with van der Waals surface area (Å²) in [6.45, 7) is 6.56. The Morgan fingerprint density at radius 2 is 0.481 bits per heavy atom. The average Bonchev–Trinajstić information content (AvgIpc) is 3.46. The molecular formula is C75H130O6. The van der Waals surface area contributed by atoms with Crippen LogP contribution in [0.2, 0.25) is 0 Å². The van der Waals surface area contributed by atoms with E-state index in [0.717, 1.165) is 116 Å². The van der Waals surface area contributed by atoms with E-state index in [-0.39, 0.29) is 31.1 Å². The molecule has 0 bridgehead atoms. The molecule has 81 heavy (non-hydrogen) atoms. The van der Waals surface area contributed by atoms with Gasteiger partial charge in [-0.25, -0.2) is 0 Å². The van der Waals surface area contributed by atoms with Crippen LogP contribution in [0.3, 0.4) is 0 Å². The molecule has 0 radical (unpaired) electrons. The SMILES string of the molecule is CC/C=C\C/C=C\C/C=C\C/C=C\C/C=C\C/C=C\C/C=C\C/C=C\CCCCCCCCCCC(=O)OCC(COC(=O)CCCCCCCCCCCCCCC)OC(=O)CCCCCCCCCCCCCCCCCCC. The summed E-state index contributed by atoms with van der Waals surface area (Å²) in [5.41, 5.74) is 0. The number of hydrogen-bond donors (Lipinski definition) is 0. The van der Waals surface area contributed by atoms with Crippen LogP contribution in [0.15, 0.2) is 97.2 Å². The Morgan fingerprint density at radius 3 is 0.753 bits per heavy atom. The standard InChI is InChI=1S/C75H130O6/c1-4-7-10-13-16-19-22-25-27-29-30-31-32-33-34-35-36-37-38-39-40-41-42-43-44-46-47-50-53-56-59-62-65-68-74(77)80-71-72(70-79-73(76)67-64-61-58-55-52-49-24-21-18-15-12-9-6-3)81-75(78)69-66-63-60-57-54-51-48-45-28-26-23-20-17-14-11-8-5-2/h7,10,16,19,25,27,30-31,33-34,36-37,39-40,42-43,72H,4-6,8-9,11-15,17-18,20-24,26,28-29,32,35,38,41,44-71H2,1-3H3/b10-7-,19-16-,27-25-,31-30-,34-33-,37-36-,40-39-,43-42-. The van der Waals surface area contributed by atoms with Gasteiger partial charge in [-0.3, -0.25) is 14.4 Å². The fourth-order valence-electron chi connectivity index (χ4n) is 9.93. The Labute approximate surface area is 502 Å². The second-order valence-corrected chi connectivity index (χ2v) is 23.1. The third-order valence-electron chi connectivity index (χ3n) is 15.1. The van der Waals surface area contributed by atoms with E-state index < -0.39 is 6.10 Å². The minimum absolute atomic E-state index is 0.0741. The highest BCUT2D eigenvalue weighted by atomic mass is 16.6. The van der Waals surface area contributed by atoms with E-state index in [1.54, 1.807) is 0 Å². The van der Waals surface area contributed by atoms with Gasteiger partial charge in [0, 0.05) is 19.3 Å². The Bertz CT molecular complexity index is 1580. The molecule has 0 aliphatic rings. The number of carbonyl (C=O) groups is 3. The number of unbranched alkanes of at least 4 members (excludes halogenated alkanes) is 36. The smallest absolute Gasteiger partial charge is 0.306 e. The first kappa shape index (κ1) is 77.3. The zero-order chi connectivity index (χ0) is 58.5. The third-order valence-corrected chi connectivity index (χ3v) is 15.1. The fraction of sp³-hybridized carbons (Fsp3) is 0.747. The second kappa shape index (κ2) is 68.8. The van der Waals surface area contributed by atoms with Gasteiger partial charge >= 0.3 is 17.9 Å². The summed E-state index contributed by atoms with van der Waals surface area (Å²) in [6, 6.07) is 0. The molecule has 0 aliphatic carbocycles. The molecule has 6 nitrogen and oxygen atoms in total. The van der Waals surface area contributed by atoms with E-state index >= 15 is 0 Å². The molecule has 466 valence electrons. The number of ether oxygens (including phenoxy) is 3. The first-order valence-electron chi connectivity index (χ1n) is 34.7. The van der Waals surface area contributed by atoms with Crippen LogP contribution in [-0.4, -0.2) is 37.2 Å². The van der Waals surface area contributed by atoms with Crippen LogP contribution in [0.25, 0.3) is 0 Å². The van der Waals surface area contributed by atoms with Gasteiger partial charge in [0.1, 0.15) is 13.2 Å². The molecule has 1 unspecified atom stereocenters. The van der Waals surface area contributed by atoms with Crippen molar-refractivity contribution in [3.05, 3.63) is 97.2 Å². The molecule has 1 atom stereocenters. The highest BCUT2D eigenvalue weighted by molar-refractivity contribution is 5.71. The van der Waals surface area contributed by atoms with Crippen molar-refractivity contribution < 1.29 is 28.6 Å². The van der Waals surface area contributed by atoms with Gasteiger partial charge < -0.3 is 14.2 Å². The maximum absolute atomic E-state index is 12.9. The van der Waals surface area contributed by atoms with Crippen molar-refractivity contribution in [2.45, 2.75) is 348 Å². The van der Waals surface area contributed by atoms with E-state index in [0.29, 0.717) is 19.3 Å². The average molecular weight is 1130 g/mol. The van der Waals surface area contributed by atoms with Crippen molar-refractivity contribution in [1.82, 2.24) is 0 Å². The number of hydrogen-bond acceptors (Lipinski definition) is 6. The summed E-state index contributed by atoms with van der Waals surface area (Å²) in [4.78, 5) is 38.4. The second-order valence-electron chi connectivity index (χ2n) is 23.1. The lowest BCUT2D eigenvalue weighted by atomic mass is 10.0. The van der Waals surface area contributed by atoms with Crippen LogP contribution < -0.4 is 0 Å². The Morgan fingerprint density at radius 1 is 0.259 bits per heavy atom. The molecule has 0 heterocycles. The van der Waals surface area contributed by atoms with Gasteiger partial charge in [0.05, 0.1) is 0 Å². The maximum atomic E-state index is 12.9. The predicted molar refractivity (Wildman–Crippen MR) is 353 cm³/mol. The first-order chi connectivity index (χ1) is 40.0. The molecule has 0 saturated carbocycles. The number of allylic oxidation sites excluding steroid dienone is 16. The quantitative estimate of drug-likeness (QED) is 0.0261. The van der Waals surface area contributed by atoms with Crippen LogP contribution in [0.1, 0.15) is 342 Å². The predicted octanol–water partition coefficient (Wildman–Crippen LogP) is 24.0. The van der Waals surface area contributed by atoms with Crippen molar-refractivity contribution in [3.8, 4) is 0 Å². The highest BCUT2D eigenvalue weighted by Crippen LogP contribution is 2.17. The molecular weight excluding hydrogens is 997 g/mol. The lowest BCUT2D eigenvalue weighted by Gasteiger charge is -2.18. The molecule has 0 spiro atoms. The maximum Gasteiger partial charge on any atom is 0.306 e. The van der Waals surface area contributed by atoms with Gasteiger partial charge in [0.2, 0.25) is 0 Å². The van der Waals surface area contributed by atoms with Gasteiger partial charge in [-0.1, -0.05) is 336 Å². The largest absolute Gasteiger partial charge is 0.462 e. The molecule has 0 N–H and O–H groups in total. The van der Waals surface area contributed by atoms with Gasteiger partial charge in [-0.15, -0.1) is 0 Å². The van der Waals surface area contributed by atoms with Crippen LogP contribution in [0, 0.1) is 0 Å². The summed E-state index contributed by atoms with van der Waals surface area (Å²) in [5.74, 6) is -0.865. The van der Waals surface area contributed by atoms with E-state index in [2.05, 4.69) is 118 Å². The lowest BCUT2D eigenvalue weighted by Crippen LogP contribution is -2.30. The number of carbonyl (C=O) groups excluding carboxylic acids is 3. The Kier molecular flexibility index (Phi) is 65.7. The molecule has 0 aromatic carbocycles. The summed E-state index contributed by atoms with van der Waals surface area (Å²) in [5, 5.41) is 0. The number of rotatable bonds is 63. The Balaban J connectivity index is 4.25. The number of esters is 3. The zero-order valence-electron chi connectivity index (χ0n) is 53.5. The minimum Gasteiger partial charge on any atom is -0.462 e. The first-order valence-corrected chi connectivity index (χ1v) is 34.7. The van der Waals surface area contributed by atoms with Crippen LogP contribution >= 0.6 is 0 Å². The van der Waals surface area contributed by atoms with E-state index in [1.807, 2.05) is 0 Å². The minimum atomic E-state index is -0.778. The molecule has 0 rings (SSSR count).